The Bertz CT molecular complexity index is 621. The molecule has 1 heterocycles. The highest BCUT2D eigenvalue weighted by atomic mass is 19.3. The SMILES string of the molecule is CCNC(=NCCc1ccc(OC)c(OC(F)F)c1)N1CCC(C)(C)C1. The second-order valence-corrected chi connectivity index (χ2v) is 7.19. The minimum atomic E-state index is -2.88. The summed E-state index contributed by atoms with van der Waals surface area (Å²) in [6.07, 6.45) is 1.78. The number of aliphatic imine (C=N–C) groups is 1. The number of nitrogens with zero attached hydrogens (tertiary/aromatic N) is 2. The Morgan fingerprint density at radius 1 is 1.35 bits per heavy atom. The molecule has 1 aliphatic heterocycles. The summed E-state index contributed by atoms with van der Waals surface area (Å²) in [6.45, 7) is 7.05. The number of ether oxygens (including phenoxy) is 2. The number of halogens is 2. The fraction of sp³-hybridized carbons (Fsp3) is 0.632. The summed E-state index contributed by atoms with van der Waals surface area (Å²) >= 11 is 0. The fourth-order valence-electron chi connectivity index (χ4n) is 3.07. The van der Waals surface area contributed by atoms with Gasteiger partial charge in [0, 0.05) is 26.2 Å². The van der Waals surface area contributed by atoms with E-state index in [0.29, 0.717) is 24.1 Å². The number of guanidine groups is 1. The van der Waals surface area contributed by atoms with Crippen LogP contribution in [0, 0.1) is 5.41 Å². The molecule has 0 atom stereocenters. The van der Waals surface area contributed by atoms with E-state index < -0.39 is 6.61 Å². The monoisotopic (exact) mass is 369 g/mol. The molecule has 0 spiro atoms. The molecule has 1 saturated heterocycles. The van der Waals surface area contributed by atoms with Crippen LogP contribution in [-0.4, -0.2) is 50.8 Å². The van der Waals surface area contributed by atoms with Gasteiger partial charge in [-0.3, -0.25) is 4.99 Å². The third-order valence-corrected chi connectivity index (χ3v) is 4.42. The van der Waals surface area contributed by atoms with Gasteiger partial charge < -0.3 is 19.7 Å². The van der Waals surface area contributed by atoms with Crippen molar-refractivity contribution < 1.29 is 18.3 Å². The number of rotatable bonds is 7. The van der Waals surface area contributed by atoms with Crippen LogP contribution in [0.25, 0.3) is 0 Å². The van der Waals surface area contributed by atoms with E-state index in [1.807, 2.05) is 13.0 Å². The highest BCUT2D eigenvalue weighted by molar-refractivity contribution is 5.80. The van der Waals surface area contributed by atoms with Crippen LogP contribution >= 0.6 is 0 Å². The molecule has 0 amide bonds. The van der Waals surface area contributed by atoms with Gasteiger partial charge >= 0.3 is 6.61 Å². The van der Waals surface area contributed by atoms with E-state index in [4.69, 9.17) is 9.73 Å². The normalized spacial score (nSPS) is 16.9. The lowest BCUT2D eigenvalue weighted by molar-refractivity contribution is -0.0512. The number of methoxy groups -OCH3 is 1. The number of alkyl halides is 2. The maximum atomic E-state index is 12.5. The van der Waals surface area contributed by atoms with Crippen molar-refractivity contribution in [1.82, 2.24) is 10.2 Å². The van der Waals surface area contributed by atoms with E-state index in [9.17, 15) is 8.78 Å². The van der Waals surface area contributed by atoms with E-state index in [2.05, 4.69) is 28.8 Å². The van der Waals surface area contributed by atoms with Gasteiger partial charge in [0.2, 0.25) is 0 Å². The van der Waals surface area contributed by atoms with Crippen molar-refractivity contribution in [3.63, 3.8) is 0 Å². The number of hydrogen-bond donors (Lipinski definition) is 1. The van der Waals surface area contributed by atoms with Crippen LogP contribution in [0.5, 0.6) is 11.5 Å². The maximum absolute atomic E-state index is 12.5. The van der Waals surface area contributed by atoms with Crippen molar-refractivity contribution in [2.45, 2.75) is 40.2 Å². The average molecular weight is 369 g/mol. The van der Waals surface area contributed by atoms with Gasteiger partial charge in [-0.15, -0.1) is 0 Å². The number of hydrogen-bond acceptors (Lipinski definition) is 3. The van der Waals surface area contributed by atoms with E-state index >= 15 is 0 Å². The number of nitrogens with one attached hydrogen (secondary N) is 1. The molecule has 1 aromatic carbocycles. The molecule has 2 rings (SSSR count). The standard InChI is InChI=1S/C19H29F2N3O2/c1-5-22-18(24-11-9-19(2,3)13-24)23-10-8-14-6-7-15(25-4)16(12-14)26-17(20)21/h6-7,12,17H,5,8-11,13H2,1-4H3,(H,22,23). The lowest BCUT2D eigenvalue weighted by Gasteiger charge is -2.23. The molecule has 0 bridgehead atoms. The van der Waals surface area contributed by atoms with Crippen molar-refractivity contribution in [3.8, 4) is 11.5 Å². The van der Waals surface area contributed by atoms with Gasteiger partial charge in [0.25, 0.3) is 0 Å². The van der Waals surface area contributed by atoms with E-state index in [-0.39, 0.29) is 5.75 Å². The van der Waals surface area contributed by atoms with Gasteiger partial charge in [-0.1, -0.05) is 19.9 Å². The van der Waals surface area contributed by atoms with Gasteiger partial charge in [-0.2, -0.15) is 8.78 Å². The van der Waals surface area contributed by atoms with Gasteiger partial charge in [0.05, 0.1) is 7.11 Å². The van der Waals surface area contributed by atoms with Crippen LogP contribution in [-0.2, 0) is 6.42 Å². The molecule has 146 valence electrons. The first-order chi connectivity index (χ1) is 12.3. The van der Waals surface area contributed by atoms with Crippen LogP contribution < -0.4 is 14.8 Å². The van der Waals surface area contributed by atoms with Gasteiger partial charge in [0.15, 0.2) is 17.5 Å². The van der Waals surface area contributed by atoms with Gasteiger partial charge in [-0.25, -0.2) is 0 Å². The first-order valence-electron chi connectivity index (χ1n) is 8.99. The zero-order valence-electron chi connectivity index (χ0n) is 16.0. The Balaban J connectivity index is 2.02. The lowest BCUT2D eigenvalue weighted by Crippen LogP contribution is -2.40. The van der Waals surface area contributed by atoms with Crippen molar-refractivity contribution in [1.29, 1.82) is 0 Å². The Morgan fingerprint density at radius 2 is 2.12 bits per heavy atom. The molecule has 26 heavy (non-hydrogen) atoms. The molecule has 0 aliphatic carbocycles. The Morgan fingerprint density at radius 3 is 2.69 bits per heavy atom. The molecule has 0 radical (unpaired) electrons. The van der Waals surface area contributed by atoms with Crippen LogP contribution in [0.3, 0.4) is 0 Å². The van der Waals surface area contributed by atoms with E-state index in [1.165, 1.54) is 7.11 Å². The quantitative estimate of drug-likeness (QED) is 0.590. The lowest BCUT2D eigenvalue weighted by atomic mass is 9.93. The molecule has 1 N–H and O–H groups in total. The molecule has 0 aromatic heterocycles. The third-order valence-electron chi connectivity index (χ3n) is 4.42. The molecular weight excluding hydrogens is 340 g/mol. The first-order valence-corrected chi connectivity index (χ1v) is 8.99. The highest BCUT2D eigenvalue weighted by Gasteiger charge is 2.30. The van der Waals surface area contributed by atoms with Gasteiger partial charge in [-0.05, 0) is 42.9 Å². The predicted octanol–water partition coefficient (Wildman–Crippen LogP) is 3.54. The molecule has 1 aromatic rings. The average Bonchev–Trinajstić information content (AvgIpc) is 2.93. The van der Waals surface area contributed by atoms with Crippen molar-refractivity contribution in [2.24, 2.45) is 10.4 Å². The maximum Gasteiger partial charge on any atom is 0.387 e. The first kappa shape index (κ1) is 20.3. The minimum absolute atomic E-state index is 0.0529. The van der Waals surface area contributed by atoms with Crippen molar-refractivity contribution in [3.05, 3.63) is 23.8 Å². The molecule has 7 heteroatoms. The summed E-state index contributed by atoms with van der Waals surface area (Å²) in [5, 5.41) is 3.34. The molecule has 0 saturated carbocycles. The Labute approximate surface area is 154 Å². The molecular formula is C19H29F2N3O2. The summed E-state index contributed by atoms with van der Waals surface area (Å²) in [6, 6.07) is 5.08. The molecule has 0 unspecified atom stereocenters. The summed E-state index contributed by atoms with van der Waals surface area (Å²) in [7, 11) is 1.43. The topological polar surface area (TPSA) is 46.1 Å². The number of likely N-dealkylation sites (tertiary alicyclic amines) is 1. The van der Waals surface area contributed by atoms with Crippen molar-refractivity contribution in [2.75, 3.05) is 33.3 Å². The smallest absolute Gasteiger partial charge is 0.387 e. The largest absolute Gasteiger partial charge is 0.493 e. The summed E-state index contributed by atoms with van der Waals surface area (Å²) < 4.78 is 34.7. The van der Waals surface area contributed by atoms with Crippen LogP contribution in [0.4, 0.5) is 8.78 Å². The van der Waals surface area contributed by atoms with E-state index in [1.54, 1.807) is 12.1 Å². The second kappa shape index (κ2) is 9.05. The summed E-state index contributed by atoms with van der Waals surface area (Å²) in [5.41, 5.74) is 1.18. The van der Waals surface area contributed by atoms with Crippen LogP contribution in [0.2, 0.25) is 0 Å². The van der Waals surface area contributed by atoms with Gasteiger partial charge in [0.1, 0.15) is 0 Å². The van der Waals surface area contributed by atoms with Crippen LogP contribution in [0.1, 0.15) is 32.8 Å². The number of benzene rings is 1. The molecule has 1 fully saturated rings. The molecule has 5 nitrogen and oxygen atoms in total. The fourth-order valence-corrected chi connectivity index (χ4v) is 3.07. The predicted molar refractivity (Wildman–Crippen MR) is 99.3 cm³/mol. The Kier molecular flexibility index (Phi) is 7.06. The zero-order valence-corrected chi connectivity index (χ0v) is 16.0. The second-order valence-electron chi connectivity index (χ2n) is 7.19. The highest BCUT2D eigenvalue weighted by Crippen LogP contribution is 2.30. The third kappa shape index (κ3) is 5.75. The minimum Gasteiger partial charge on any atom is -0.493 e. The zero-order chi connectivity index (χ0) is 19.2. The summed E-state index contributed by atoms with van der Waals surface area (Å²) in [5.74, 6) is 1.26. The summed E-state index contributed by atoms with van der Waals surface area (Å²) in [4.78, 5) is 6.98. The van der Waals surface area contributed by atoms with Crippen LogP contribution in [0.15, 0.2) is 23.2 Å². The Hall–Kier alpha value is -2.05. The van der Waals surface area contributed by atoms with Crippen molar-refractivity contribution >= 4 is 5.96 Å². The molecule has 1 aliphatic rings. The van der Waals surface area contributed by atoms with E-state index in [0.717, 1.165) is 37.6 Å².